The molecule has 0 aromatic heterocycles. The van der Waals surface area contributed by atoms with Crippen molar-refractivity contribution < 1.29 is 22.7 Å². The first-order valence-corrected chi connectivity index (χ1v) is 2.69. The SMILES string of the molecule is CC1(C(F)(F)F)OC=NC1=O. The van der Waals surface area contributed by atoms with Crippen LogP contribution in [0.3, 0.4) is 0 Å². The second-order valence-corrected chi connectivity index (χ2v) is 2.19. The van der Waals surface area contributed by atoms with Gasteiger partial charge < -0.3 is 4.74 Å². The summed E-state index contributed by atoms with van der Waals surface area (Å²) in [4.78, 5) is 13.3. The zero-order chi connectivity index (χ0) is 8.70. The topological polar surface area (TPSA) is 38.7 Å². The van der Waals surface area contributed by atoms with Gasteiger partial charge in [0.15, 0.2) is 6.40 Å². The van der Waals surface area contributed by atoms with Crippen LogP contribution in [0.4, 0.5) is 13.2 Å². The van der Waals surface area contributed by atoms with Crippen LogP contribution in [0.1, 0.15) is 6.92 Å². The average Bonchev–Trinajstić information content (AvgIpc) is 2.12. The molecule has 0 N–H and O–H groups in total. The minimum Gasteiger partial charge on any atom is -0.457 e. The number of halogens is 3. The molecule has 0 aliphatic carbocycles. The molecular weight excluding hydrogens is 163 g/mol. The fourth-order valence-corrected chi connectivity index (χ4v) is 0.541. The molecule has 3 nitrogen and oxygen atoms in total. The van der Waals surface area contributed by atoms with Crippen molar-refractivity contribution >= 4 is 12.3 Å². The van der Waals surface area contributed by atoms with Gasteiger partial charge in [0, 0.05) is 0 Å². The highest BCUT2D eigenvalue weighted by Crippen LogP contribution is 2.35. The van der Waals surface area contributed by atoms with E-state index < -0.39 is 17.7 Å². The van der Waals surface area contributed by atoms with E-state index in [2.05, 4.69) is 9.73 Å². The summed E-state index contributed by atoms with van der Waals surface area (Å²) in [6.07, 6.45) is -4.20. The first-order chi connectivity index (χ1) is 4.88. The largest absolute Gasteiger partial charge is 0.457 e. The van der Waals surface area contributed by atoms with Gasteiger partial charge in [0.1, 0.15) is 0 Å². The highest BCUT2D eigenvalue weighted by molar-refractivity contribution is 5.95. The molecule has 1 rings (SSSR count). The summed E-state index contributed by atoms with van der Waals surface area (Å²) in [6.45, 7) is 0.641. The first kappa shape index (κ1) is 8.03. The van der Waals surface area contributed by atoms with Gasteiger partial charge in [-0.2, -0.15) is 18.2 Å². The van der Waals surface area contributed by atoms with E-state index in [0.29, 0.717) is 13.3 Å². The monoisotopic (exact) mass is 167 g/mol. The number of rotatable bonds is 0. The van der Waals surface area contributed by atoms with Gasteiger partial charge in [-0.3, -0.25) is 4.79 Å². The van der Waals surface area contributed by atoms with Crippen molar-refractivity contribution in [2.45, 2.75) is 18.7 Å². The Hall–Kier alpha value is -1.07. The van der Waals surface area contributed by atoms with E-state index in [4.69, 9.17) is 0 Å². The predicted molar refractivity (Wildman–Crippen MR) is 29.0 cm³/mol. The lowest BCUT2D eigenvalue weighted by Crippen LogP contribution is -2.47. The Balaban J connectivity index is 2.94. The Morgan fingerprint density at radius 3 is 2.36 bits per heavy atom. The van der Waals surface area contributed by atoms with E-state index in [1.165, 1.54) is 0 Å². The summed E-state index contributed by atoms with van der Waals surface area (Å²) in [5.74, 6) is -1.31. The molecule has 0 aromatic rings. The number of hydrogen-bond acceptors (Lipinski definition) is 2. The third-order valence-electron chi connectivity index (χ3n) is 1.41. The van der Waals surface area contributed by atoms with E-state index in [1.54, 1.807) is 0 Å². The molecule has 0 bridgehead atoms. The van der Waals surface area contributed by atoms with Crippen LogP contribution in [0.2, 0.25) is 0 Å². The molecule has 1 atom stereocenters. The van der Waals surface area contributed by atoms with Crippen molar-refractivity contribution in [3.05, 3.63) is 0 Å². The van der Waals surface area contributed by atoms with Gasteiger partial charge in [-0.05, 0) is 6.92 Å². The number of nitrogens with zero attached hydrogens (tertiary/aromatic N) is 1. The number of amides is 1. The molecule has 62 valence electrons. The van der Waals surface area contributed by atoms with Crippen molar-refractivity contribution in [1.29, 1.82) is 0 Å². The molecule has 1 unspecified atom stereocenters. The molecule has 11 heavy (non-hydrogen) atoms. The Morgan fingerprint density at radius 1 is 1.64 bits per heavy atom. The van der Waals surface area contributed by atoms with Gasteiger partial charge in [0.25, 0.3) is 5.60 Å². The number of alkyl halides is 3. The smallest absolute Gasteiger partial charge is 0.437 e. The minimum absolute atomic E-state index is 0.510. The normalized spacial score (nSPS) is 30.7. The lowest BCUT2D eigenvalue weighted by Gasteiger charge is -2.22. The van der Waals surface area contributed by atoms with Crippen molar-refractivity contribution in [1.82, 2.24) is 0 Å². The molecule has 0 spiro atoms. The highest BCUT2D eigenvalue weighted by Gasteiger charge is 2.61. The van der Waals surface area contributed by atoms with Crippen molar-refractivity contribution in [3.8, 4) is 0 Å². The van der Waals surface area contributed by atoms with Crippen LogP contribution < -0.4 is 0 Å². The standard InChI is InChI=1S/C5H4F3NO2/c1-4(5(6,7)8)3(10)9-2-11-4/h2H,1H3. The maximum absolute atomic E-state index is 12.0. The van der Waals surface area contributed by atoms with E-state index in [1.807, 2.05) is 0 Å². The second-order valence-electron chi connectivity index (χ2n) is 2.19. The number of hydrogen-bond donors (Lipinski definition) is 0. The molecule has 0 saturated heterocycles. The quantitative estimate of drug-likeness (QED) is 0.537. The Kier molecular flexibility index (Phi) is 1.43. The van der Waals surface area contributed by atoms with Crippen LogP contribution in [-0.4, -0.2) is 24.1 Å². The molecular formula is C5H4F3NO2. The van der Waals surface area contributed by atoms with Crippen LogP contribution >= 0.6 is 0 Å². The third kappa shape index (κ3) is 0.979. The minimum atomic E-state index is -4.71. The molecule has 1 aliphatic rings. The van der Waals surface area contributed by atoms with Crippen LogP contribution in [0.25, 0.3) is 0 Å². The van der Waals surface area contributed by atoms with Gasteiger partial charge >= 0.3 is 12.1 Å². The van der Waals surface area contributed by atoms with Crippen LogP contribution in [-0.2, 0) is 9.53 Å². The van der Waals surface area contributed by atoms with Gasteiger partial charge in [-0.25, -0.2) is 0 Å². The van der Waals surface area contributed by atoms with Gasteiger partial charge in [0.05, 0.1) is 0 Å². The summed E-state index contributed by atoms with van der Waals surface area (Å²) >= 11 is 0. The predicted octanol–water partition coefficient (Wildman–Crippen LogP) is 0.893. The van der Waals surface area contributed by atoms with Crippen molar-refractivity contribution in [3.63, 3.8) is 0 Å². The van der Waals surface area contributed by atoms with Crippen LogP contribution in [0.15, 0.2) is 4.99 Å². The summed E-state index contributed by atoms with van der Waals surface area (Å²) < 4.78 is 40.0. The first-order valence-electron chi connectivity index (χ1n) is 2.69. The maximum Gasteiger partial charge on any atom is 0.437 e. The van der Waals surface area contributed by atoms with Crippen LogP contribution in [0, 0.1) is 0 Å². The highest BCUT2D eigenvalue weighted by atomic mass is 19.4. The Bertz CT molecular complexity index is 222. The summed E-state index contributed by atoms with van der Waals surface area (Å²) in [5.41, 5.74) is -2.77. The molecule has 0 saturated carbocycles. The van der Waals surface area contributed by atoms with Gasteiger partial charge in [-0.1, -0.05) is 0 Å². The fraction of sp³-hybridized carbons (Fsp3) is 0.600. The van der Waals surface area contributed by atoms with Gasteiger partial charge in [0.2, 0.25) is 0 Å². The van der Waals surface area contributed by atoms with E-state index in [-0.39, 0.29) is 0 Å². The van der Waals surface area contributed by atoms with E-state index in [0.717, 1.165) is 0 Å². The molecule has 1 aliphatic heterocycles. The van der Waals surface area contributed by atoms with Crippen molar-refractivity contribution in [2.75, 3.05) is 0 Å². The number of aliphatic imine (C=N–C) groups is 1. The zero-order valence-electron chi connectivity index (χ0n) is 5.47. The molecule has 1 amide bonds. The zero-order valence-corrected chi connectivity index (χ0v) is 5.47. The van der Waals surface area contributed by atoms with Crippen molar-refractivity contribution in [2.24, 2.45) is 4.99 Å². The van der Waals surface area contributed by atoms with Gasteiger partial charge in [-0.15, -0.1) is 0 Å². The number of carbonyl (C=O) groups excluding carboxylic acids is 1. The second kappa shape index (κ2) is 1.96. The molecule has 0 fully saturated rings. The third-order valence-corrected chi connectivity index (χ3v) is 1.41. The number of carbonyl (C=O) groups is 1. The number of ether oxygens (including phenoxy) is 1. The Labute approximate surface area is 59.9 Å². The lowest BCUT2D eigenvalue weighted by atomic mass is 10.1. The molecule has 0 radical (unpaired) electrons. The Morgan fingerprint density at radius 2 is 2.18 bits per heavy atom. The summed E-state index contributed by atoms with van der Waals surface area (Å²) in [6, 6.07) is 0. The molecule has 6 heteroatoms. The lowest BCUT2D eigenvalue weighted by molar-refractivity contribution is -0.232. The van der Waals surface area contributed by atoms with Crippen LogP contribution in [0.5, 0.6) is 0 Å². The average molecular weight is 167 g/mol. The van der Waals surface area contributed by atoms with E-state index in [9.17, 15) is 18.0 Å². The summed E-state index contributed by atoms with van der Waals surface area (Å²) in [5, 5.41) is 0. The van der Waals surface area contributed by atoms with E-state index >= 15 is 0 Å². The summed E-state index contributed by atoms with van der Waals surface area (Å²) in [7, 11) is 0. The molecule has 0 aromatic carbocycles. The fourth-order valence-electron chi connectivity index (χ4n) is 0.541. The molecule has 1 heterocycles. The maximum atomic E-state index is 12.0.